The van der Waals surface area contributed by atoms with Crippen molar-refractivity contribution in [1.82, 2.24) is 9.97 Å². The first kappa shape index (κ1) is 24.9. The molecule has 3 fully saturated rings. The molecule has 1 heterocycles. The van der Waals surface area contributed by atoms with Crippen molar-refractivity contribution in [3.63, 3.8) is 0 Å². The van der Waals surface area contributed by atoms with E-state index in [9.17, 15) is 0 Å². The van der Waals surface area contributed by atoms with Gasteiger partial charge in [0.1, 0.15) is 0 Å². The third-order valence-corrected chi connectivity index (χ3v) is 12.2. The van der Waals surface area contributed by atoms with Crippen LogP contribution in [0.5, 0.6) is 0 Å². The predicted molar refractivity (Wildman–Crippen MR) is 151 cm³/mol. The van der Waals surface area contributed by atoms with Crippen molar-refractivity contribution in [2.45, 2.75) is 112 Å². The lowest BCUT2D eigenvalue weighted by molar-refractivity contribution is -0.104. The molecule has 8 atom stereocenters. The molecule has 2 heteroatoms. The van der Waals surface area contributed by atoms with Gasteiger partial charge in [-0.05, 0) is 128 Å². The maximum Gasteiger partial charge on any atom is 0.0893 e. The van der Waals surface area contributed by atoms with E-state index in [1.54, 1.807) is 0 Å². The molecule has 36 heavy (non-hydrogen) atoms. The average Bonchev–Trinajstić information content (AvgIpc) is 3.18. The fourth-order valence-corrected chi connectivity index (χ4v) is 10.3. The molecule has 4 aliphatic carbocycles. The first-order valence-corrected chi connectivity index (χ1v) is 15.4. The molecule has 0 N–H and O–H groups in total. The van der Waals surface area contributed by atoms with Crippen molar-refractivity contribution in [3.8, 4) is 0 Å². The van der Waals surface area contributed by atoms with Crippen LogP contribution in [0.4, 0.5) is 0 Å². The van der Waals surface area contributed by atoms with Gasteiger partial charge in [-0.25, -0.2) is 9.97 Å². The second-order valence-electron chi connectivity index (χ2n) is 14.7. The van der Waals surface area contributed by atoms with Crippen LogP contribution in [-0.2, 0) is 12.8 Å². The quantitative estimate of drug-likeness (QED) is 0.421. The molecule has 0 radical (unpaired) electrons. The van der Waals surface area contributed by atoms with Gasteiger partial charge in [-0.2, -0.15) is 0 Å². The van der Waals surface area contributed by atoms with Gasteiger partial charge < -0.3 is 0 Å². The summed E-state index contributed by atoms with van der Waals surface area (Å²) in [7, 11) is 0. The monoisotopic (exact) mass is 486 g/mol. The van der Waals surface area contributed by atoms with Gasteiger partial charge in [-0.1, -0.05) is 59.9 Å². The highest BCUT2D eigenvalue weighted by Crippen LogP contribution is 2.67. The number of aromatic nitrogens is 2. The Hall–Kier alpha value is -1.44. The number of aryl methyl sites for hydroxylation is 1. The van der Waals surface area contributed by atoms with E-state index in [-0.39, 0.29) is 0 Å². The lowest BCUT2D eigenvalue weighted by atomic mass is 9.44. The predicted octanol–water partition coefficient (Wildman–Crippen LogP) is 8.97. The summed E-state index contributed by atoms with van der Waals surface area (Å²) < 4.78 is 0. The average molecular weight is 487 g/mol. The van der Waals surface area contributed by atoms with Crippen LogP contribution >= 0.6 is 0 Å². The zero-order valence-electron chi connectivity index (χ0n) is 23.9. The van der Waals surface area contributed by atoms with E-state index in [1.807, 2.05) is 0 Å². The van der Waals surface area contributed by atoms with Gasteiger partial charge >= 0.3 is 0 Å². The summed E-state index contributed by atoms with van der Waals surface area (Å²) in [5.41, 5.74) is 7.10. The van der Waals surface area contributed by atoms with Gasteiger partial charge in [0.2, 0.25) is 0 Å². The maximum absolute atomic E-state index is 5.24. The van der Waals surface area contributed by atoms with E-state index in [1.165, 1.54) is 74.7 Å². The van der Waals surface area contributed by atoms with Crippen LogP contribution < -0.4 is 0 Å². The Morgan fingerprint density at radius 1 is 0.861 bits per heavy atom. The SMILES string of the molecule is Cc1ccc2nc3c(nc2c1)CC1(C)C(CCC2C1CCC1(C)C(C(C)CCCC(C)C)CCC21)C3. The highest BCUT2D eigenvalue weighted by Gasteiger charge is 2.60. The number of benzene rings is 1. The van der Waals surface area contributed by atoms with Crippen molar-refractivity contribution < 1.29 is 0 Å². The second-order valence-corrected chi connectivity index (χ2v) is 14.7. The molecule has 0 aliphatic heterocycles. The topological polar surface area (TPSA) is 25.8 Å². The minimum Gasteiger partial charge on any atom is -0.249 e. The van der Waals surface area contributed by atoms with Crippen LogP contribution in [0.15, 0.2) is 18.2 Å². The van der Waals surface area contributed by atoms with Gasteiger partial charge in [0, 0.05) is 0 Å². The Labute approximate surface area is 220 Å². The molecule has 1 aromatic carbocycles. The molecule has 0 bridgehead atoms. The normalized spacial score (nSPS) is 38.4. The molecule has 8 unspecified atom stereocenters. The Balaban J connectivity index is 1.23. The largest absolute Gasteiger partial charge is 0.249 e. The van der Waals surface area contributed by atoms with E-state index < -0.39 is 0 Å². The summed E-state index contributed by atoms with van der Waals surface area (Å²) in [6.45, 7) is 14.9. The third kappa shape index (κ3) is 3.95. The van der Waals surface area contributed by atoms with Gasteiger partial charge in [0.25, 0.3) is 0 Å². The van der Waals surface area contributed by atoms with Gasteiger partial charge in [-0.3, -0.25) is 0 Å². The number of hydrogen-bond donors (Lipinski definition) is 0. The molecule has 6 rings (SSSR count). The molecule has 196 valence electrons. The highest BCUT2D eigenvalue weighted by atomic mass is 14.8. The van der Waals surface area contributed by atoms with Crippen molar-refractivity contribution in [2.24, 2.45) is 52.3 Å². The first-order valence-electron chi connectivity index (χ1n) is 15.4. The molecule has 4 aliphatic rings. The van der Waals surface area contributed by atoms with Gasteiger partial charge in [0.05, 0.1) is 22.4 Å². The number of rotatable bonds is 5. The van der Waals surface area contributed by atoms with Crippen molar-refractivity contribution in [3.05, 3.63) is 35.2 Å². The summed E-state index contributed by atoms with van der Waals surface area (Å²) >= 11 is 0. The van der Waals surface area contributed by atoms with Gasteiger partial charge in [-0.15, -0.1) is 0 Å². The fourth-order valence-electron chi connectivity index (χ4n) is 10.3. The Morgan fingerprint density at radius 3 is 2.44 bits per heavy atom. The van der Waals surface area contributed by atoms with Crippen LogP contribution in [-0.4, -0.2) is 9.97 Å². The highest BCUT2D eigenvalue weighted by molar-refractivity contribution is 5.75. The summed E-state index contributed by atoms with van der Waals surface area (Å²) in [6.07, 6.45) is 15.4. The zero-order chi connectivity index (χ0) is 25.2. The van der Waals surface area contributed by atoms with Crippen LogP contribution in [0.25, 0.3) is 11.0 Å². The molecule has 3 saturated carbocycles. The third-order valence-electron chi connectivity index (χ3n) is 12.2. The van der Waals surface area contributed by atoms with Crippen molar-refractivity contribution in [2.75, 3.05) is 0 Å². The molecule has 0 amide bonds. The Morgan fingerprint density at radius 2 is 1.64 bits per heavy atom. The van der Waals surface area contributed by atoms with E-state index in [2.05, 4.69) is 59.7 Å². The maximum atomic E-state index is 5.24. The van der Waals surface area contributed by atoms with Crippen LogP contribution in [0.1, 0.15) is 109 Å². The Kier molecular flexibility index (Phi) is 6.28. The minimum absolute atomic E-state index is 0.407. The lowest BCUT2D eigenvalue weighted by Crippen LogP contribution is -2.54. The Bertz CT molecular complexity index is 1120. The van der Waals surface area contributed by atoms with Crippen molar-refractivity contribution in [1.29, 1.82) is 0 Å². The standard InChI is InChI=1S/C34H50N2/c1-21(2)8-7-9-23(4)26-13-14-27-25-12-11-24-19-31-32(36-30-18-22(3)10-15-29(30)35-31)20-34(24,6)28(25)16-17-33(26,27)5/h10,15,18,21,23-28H,7-9,11-14,16-17,19-20H2,1-6H3. The molecular weight excluding hydrogens is 436 g/mol. The molecule has 0 spiro atoms. The van der Waals surface area contributed by atoms with E-state index in [4.69, 9.17) is 9.97 Å². The van der Waals surface area contributed by atoms with Crippen molar-refractivity contribution >= 4 is 11.0 Å². The number of fused-ring (bicyclic) bond motifs is 7. The van der Waals surface area contributed by atoms with E-state index in [0.717, 1.165) is 65.3 Å². The summed E-state index contributed by atoms with van der Waals surface area (Å²) in [5.74, 6) is 6.27. The van der Waals surface area contributed by atoms with Gasteiger partial charge in [0.15, 0.2) is 0 Å². The second kappa shape index (κ2) is 9.09. The minimum atomic E-state index is 0.407. The number of hydrogen-bond acceptors (Lipinski definition) is 2. The van der Waals surface area contributed by atoms with E-state index >= 15 is 0 Å². The smallest absolute Gasteiger partial charge is 0.0893 e. The molecule has 1 aromatic heterocycles. The summed E-state index contributed by atoms with van der Waals surface area (Å²) in [5, 5.41) is 0. The fraction of sp³-hybridized carbons (Fsp3) is 0.765. The molecular formula is C34H50N2. The summed E-state index contributed by atoms with van der Waals surface area (Å²) in [4.78, 5) is 10.4. The summed E-state index contributed by atoms with van der Waals surface area (Å²) in [6, 6.07) is 6.58. The molecule has 2 nitrogen and oxygen atoms in total. The first-order chi connectivity index (χ1) is 17.2. The molecule has 2 aromatic rings. The zero-order valence-corrected chi connectivity index (χ0v) is 23.9. The number of nitrogens with zero attached hydrogens (tertiary/aromatic N) is 2. The van der Waals surface area contributed by atoms with Crippen LogP contribution in [0.2, 0.25) is 0 Å². The molecule has 0 saturated heterocycles. The van der Waals surface area contributed by atoms with E-state index in [0.29, 0.717) is 10.8 Å². The van der Waals surface area contributed by atoms with Crippen LogP contribution in [0, 0.1) is 59.2 Å². The van der Waals surface area contributed by atoms with Crippen LogP contribution in [0.3, 0.4) is 0 Å². The lowest BCUT2D eigenvalue weighted by Gasteiger charge is -2.60.